The molecule has 3 N–H and O–H groups in total. The van der Waals surface area contributed by atoms with Crippen molar-refractivity contribution in [3.05, 3.63) is 22.1 Å². The average molecular weight is 335 g/mol. The maximum Gasteiger partial charge on any atom is 0.315 e. The number of aromatic amines is 1. The first kappa shape index (κ1) is 16.8. The molecule has 0 radical (unpaired) electrons. The van der Waals surface area contributed by atoms with Gasteiger partial charge in [0.25, 0.3) is 5.56 Å². The maximum atomic E-state index is 12.0. The molecule has 0 bridgehead atoms. The topological polar surface area (TPSA) is 99.4 Å². The third-order valence-corrected chi connectivity index (χ3v) is 4.50. The van der Waals surface area contributed by atoms with Crippen LogP contribution in [0.3, 0.4) is 0 Å². The molecule has 1 atom stereocenters. The lowest BCUT2D eigenvalue weighted by Crippen LogP contribution is -2.49. The van der Waals surface area contributed by atoms with E-state index in [0.717, 1.165) is 45.4 Å². The van der Waals surface area contributed by atoms with Crippen LogP contribution in [0.5, 0.6) is 0 Å². The summed E-state index contributed by atoms with van der Waals surface area (Å²) in [5.41, 5.74) is 0.578. The Morgan fingerprint density at radius 3 is 2.88 bits per heavy atom. The molecule has 0 spiro atoms. The summed E-state index contributed by atoms with van der Waals surface area (Å²) in [6.07, 6.45) is 3.89. The molecule has 0 aliphatic carbocycles. The second-order valence-corrected chi connectivity index (χ2v) is 6.46. The van der Waals surface area contributed by atoms with Crippen LogP contribution in [0, 0.1) is 6.92 Å². The van der Waals surface area contributed by atoms with E-state index >= 15 is 0 Å². The number of H-pyrrole nitrogens is 1. The molecule has 2 aliphatic heterocycles. The van der Waals surface area contributed by atoms with Crippen LogP contribution in [-0.4, -0.2) is 54.4 Å². The average Bonchev–Trinajstić information content (AvgIpc) is 3.06. The Labute approximate surface area is 141 Å². The zero-order chi connectivity index (χ0) is 16.9. The fourth-order valence-electron chi connectivity index (χ4n) is 3.20. The first-order chi connectivity index (χ1) is 11.6. The molecule has 1 aromatic heterocycles. The van der Waals surface area contributed by atoms with Crippen molar-refractivity contribution in [3.8, 4) is 0 Å². The minimum atomic E-state index is -0.133. The van der Waals surface area contributed by atoms with Crippen LogP contribution in [0.15, 0.2) is 10.9 Å². The maximum absolute atomic E-state index is 12.0. The summed E-state index contributed by atoms with van der Waals surface area (Å²) in [7, 11) is 0. The van der Waals surface area contributed by atoms with Crippen LogP contribution in [0.2, 0.25) is 0 Å². The number of hydrogen-bond acceptors (Lipinski definition) is 5. The molecule has 24 heavy (non-hydrogen) atoms. The van der Waals surface area contributed by atoms with E-state index in [-0.39, 0.29) is 23.7 Å². The van der Waals surface area contributed by atoms with Crippen molar-refractivity contribution in [1.29, 1.82) is 0 Å². The zero-order valence-electron chi connectivity index (χ0n) is 14.0. The lowest BCUT2D eigenvalue weighted by molar-refractivity contribution is 0.111. The minimum Gasteiger partial charge on any atom is -0.376 e. The summed E-state index contributed by atoms with van der Waals surface area (Å²) in [5, 5.41) is 5.89. The quantitative estimate of drug-likeness (QED) is 0.745. The Morgan fingerprint density at radius 1 is 1.42 bits per heavy atom. The third kappa shape index (κ3) is 4.47. The Morgan fingerprint density at radius 2 is 2.21 bits per heavy atom. The largest absolute Gasteiger partial charge is 0.376 e. The van der Waals surface area contributed by atoms with E-state index in [0.29, 0.717) is 18.2 Å². The number of aromatic nitrogens is 2. The molecule has 132 valence electrons. The number of amides is 2. The van der Waals surface area contributed by atoms with E-state index in [1.54, 1.807) is 0 Å². The molecule has 2 fully saturated rings. The van der Waals surface area contributed by atoms with Crippen LogP contribution in [-0.2, 0) is 4.74 Å². The van der Waals surface area contributed by atoms with Crippen molar-refractivity contribution in [1.82, 2.24) is 20.6 Å². The van der Waals surface area contributed by atoms with E-state index in [4.69, 9.17) is 4.74 Å². The van der Waals surface area contributed by atoms with E-state index in [9.17, 15) is 9.59 Å². The second kappa shape index (κ2) is 7.65. The van der Waals surface area contributed by atoms with Crippen LogP contribution >= 0.6 is 0 Å². The Balaban J connectivity index is 1.43. The molecule has 0 aromatic carbocycles. The number of aryl methyl sites for hydroxylation is 1. The number of urea groups is 1. The van der Waals surface area contributed by atoms with Crippen molar-refractivity contribution in [2.24, 2.45) is 0 Å². The number of piperidine rings is 1. The van der Waals surface area contributed by atoms with Gasteiger partial charge in [-0.3, -0.25) is 9.78 Å². The lowest BCUT2D eigenvalue weighted by atomic mass is 10.1. The molecular weight excluding hydrogens is 310 g/mol. The summed E-state index contributed by atoms with van der Waals surface area (Å²) < 4.78 is 5.49. The predicted octanol–water partition coefficient (Wildman–Crippen LogP) is 0.525. The molecule has 2 aliphatic rings. The van der Waals surface area contributed by atoms with Gasteiger partial charge in [0.15, 0.2) is 0 Å². The van der Waals surface area contributed by atoms with Gasteiger partial charge in [-0.05, 0) is 32.6 Å². The first-order valence-electron chi connectivity index (χ1n) is 8.59. The van der Waals surface area contributed by atoms with Gasteiger partial charge in [0, 0.05) is 44.0 Å². The van der Waals surface area contributed by atoms with Gasteiger partial charge in [-0.15, -0.1) is 0 Å². The van der Waals surface area contributed by atoms with Gasteiger partial charge in [-0.2, -0.15) is 0 Å². The Bertz CT molecular complexity index is 618. The van der Waals surface area contributed by atoms with Gasteiger partial charge >= 0.3 is 6.03 Å². The normalized spacial score (nSPS) is 21.7. The number of ether oxygens (including phenoxy) is 1. The van der Waals surface area contributed by atoms with Crippen LogP contribution in [0.25, 0.3) is 0 Å². The van der Waals surface area contributed by atoms with E-state index in [1.807, 2.05) is 6.92 Å². The van der Waals surface area contributed by atoms with Gasteiger partial charge in [0.1, 0.15) is 0 Å². The van der Waals surface area contributed by atoms with Crippen molar-refractivity contribution in [2.75, 3.05) is 31.1 Å². The van der Waals surface area contributed by atoms with E-state index < -0.39 is 0 Å². The highest BCUT2D eigenvalue weighted by molar-refractivity contribution is 5.74. The molecule has 1 aromatic rings. The van der Waals surface area contributed by atoms with Crippen LogP contribution in [0.1, 0.15) is 31.4 Å². The van der Waals surface area contributed by atoms with Crippen LogP contribution in [0.4, 0.5) is 10.7 Å². The lowest BCUT2D eigenvalue weighted by Gasteiger charge is -2.32. The van der Waals surface area contributed by atoms with Gasteiger partial charge in [-0.1, -0.05) is 0 Å². The molecule has 2 amide bonds. The van der Waals surface area contributed by atoms with Gasteiger partial charge < -0.3 is 20.3 Å². The van der Waals surface area contributed by atoms with E-state index in [1.165, 1.54) is 6.07 Å². The number of nitrogens with one attached hydrogen (secondary N) is 3. The summed E-state index contributed by atoms with van der Waals surface area (Å²) in [4.78, 5) is 32.7. The summed E-state index contributed by atoms with van der Waals surface area (Å²) in [6.45, 7) is 4.68. The number of hydrogen-bond donors (Lipinski definition) is 3. The number of carbonyl (C=O) groups excluding carboxylic acids is 1. The van der Waals surface area contributed by atoms with Gasteiger partial charge in [0.05, 0.1) is 6.10 Å². The number of carbonyl (C=O) groups is 1. The standard InChI is InChI=1S/C16H25N5O3/c1-11-9-14(22)20-15(18-11)21-6-4-12(5-7-21)19-16(23)17-10-13-3-2-8-24-13/h9,12-13H,2-8,10H2,1H3,(H2,17,19,23)(H,18,20,22)/t13-/m0/s1. The summed E-state index contributed by atoms with van der Waals surface area (Å²) >= 11 is 0. The Kier molecular flexibility index (Phi) is 5.34. The summed E-state index contributed by atoms with van der Waals surface area (Å²) in [6, 6.07) is 1.49. The third-order valence-electron chi connectivity index (χ3n) is 4.50. The number of nitrogens with zero attached hydrogens (tertiary/aromatic N) is 2. The first-order valence-corrected chi connectivity index (χ1v) is 8.59. The minimum absolute atomic E-state index is 0.133. The molecule has 2 saturated heterocycles. The molecule has 8 heteroatoms. The van der Waals surface area contributed by atoms with Crippen molar-refractivity contribution >= 4 is 12.0 Å². The highest BCUT2D eigenvalue weighted by atomic mass is 16.5. The molecular formula is C16H25N5O3. The Hall–Kier alpha value is -2.09. The number of anilines is 1. The highest BCUT2D eigenvalue weighted by Crippen LogP contribution is 2.15. The van der Waals surface area contributed by atoms with Crippen molar-refractivity contribution in [3.63, 3.8) is 0 Å². The van der Waals surface area contributed by atoms with Crippen molar-refractivity contribution in [2.45, 2.75) is 44.8 Å². The highest BCUT2D eigenvalue weighted by Gasteiger charge is 2.23. The molecule has 3 heterocycles. The molecule has 8 nitrogen and oxygen atoms in total. The fourth-order valence-corrected chi connectivity index (χ4v) is 3.20. The molecule has 0 unspecified atom stereocenters. The van der Waals surface area contributed by atoms with Crippen LogP contribution < -0.4 is 21.1 Å². The molecule has 0 saturated carbocycles. The monoisotopic (exact) mass is 335 g/mol. The summed E-state index contributed by atoms with van der Waals surface area (Å²) in [5.74, 6) is 0.612. The van der Waals surface area contributed by atoms with Gasteiger partial charge in [-0.25, -0.2) is 9.78 Å². The van der Waals surface area contributed by atoms with E-state index in [2.05, 4.69) is 25.5 Å². The van der Waals surface area contributed by atoms with Crippen molar-refractivity contribution < 1.29 is 9.53 Å². The predicted molar refractivity (Wildman–Crippen MR) is 90.3 cm³/mol. The smallest absolute Gasteiger partial charge is 0.315 e. The molecule has 3 rings (SSSR count). The second-order valence-electron chi connectivity index (χ2n) is 6.46. The van der Waals surface area contributed by atoms with Gasteiger partial charge in [0.2, 0.25) is 5.95 Å². The number of rotatable bonds is 4. The zero-order valence-corrected chi connectivity index (χ0v) is 14.0. The SMILES string of the molecule is Cc1cc(=O)[nH]c(N2CCC(NC(=O)NC[C@@H]3CCCO3)CC2)n1. The fraction of sp³-hybridized carbons (Fsp3) is 0.688.